The Morgan fingerprint density at radius 3 is 2.63 bits per heavy atom. The third kappa shape index (κ3) is 6.79. The van der Waals surface area contributed by atoms with Gasteiger partial charge in [-0.3, -0.25) is 9.48 Å². The lowest BCUT2D eigenvalue weighted by Crippen LogP contribution is -2.34. The van der Waals surface area contributed by atoms with E-state index in [4.69, 9.17) is 21.1 Å². The van der Waals surface area contributed by atoms with E-state index < -0.39 is 17.6 Å². The number of carbonyl (C=O) groups excluding carboxylic acids is 2. The zero-order valence-corrected chi connectivity index (χ0v) is 20.8. The van der Waals surface area contributed by atoms with Crippen molar-refractivity contribution in [3.8, 4) is 17.1 Å². The molecule has 3 rings (SSSR count). The number of nitrogens with one attached hydrogen (secondary N) is 3. The molecule has 186 valence electrons. The lowest BCUT2D eigenvalue weighted by molar-refractivity contribution is 0.0525. The van der Waals surface area contributed by atoms with Gasteiger partial charge >= 0.3 is 6.09 Å². The van der Waals surface area contributed by atoms with Crippen LogP contribution in [-0.2, 0) is 11.3 Å². The number of nitrogens with zero attached hydrogens (tertiary/aromatic N) is 5. The molecule has 35 heavy (non-hydrogen) atoms. The highest BCUT2D eigenvalue weighted by Gasteiger charge is 2.19. The molecular formula is C22H27ClN8O4. The van der Waals surface area contributed by atoms with E-state index in [0.29, 0.717) is 41.6 Å². The van der Waals surface area contributed by atoms with Crippen molar-refractivity contribution >= 4 is 35.0 Å². The lowest BCUT2D eigenvalue weighted by atomic mass is 10.1. The molecule has 0 unspecified atom stereocenters. The fourth-order valence-corrected chi connectivity index (χ4v) is 3.19. The van der Waals surface area contributed by atoms with Gasteiger partial charge in [-0.05, 0) is 32.9 Å². The number of hydrogen-bond donors (Lipinski definition) is 3. The Morgan fingerprint density at radius 2 is 1.94 bits per heavy atom. The topological polar surface area (TPSA) is 145 Å². The molecule has 3 aromatic rings. The Labute approximate surface area is 207 Å². The van der Waals surface area contributed by atoms with Crippen LogP contribution >= 0.6 is 11.6 Å². The first-order valence-electron chi connectivity index (χ1n) is 10.7. The van der Waals surface area contributed by atoms with E-state index in [1.807, 2.05) is 0 Å². The van der Waals surface area contributed by atoms with Crippen molar-refractivity contribution in [2.45, 2.75) is 32.9 Å². The average Bonchev–Trinajstić information content (AvgIpc) is 3.26. The van der Waals surface area contributed by atoms with Crippen molar-refractivity contribution < 1.29 is 19.1 Å². The van der Waals surface area contributed by atoms with Crippen LogP contribution in [0.1, 0.15) is 31.3 Å². The fourth-order valence-electron chi connectivity index (χ4n) is 3.04. The summed E-state index contributed by atoms with van der Waals surface area (Å²) in [5.41, 5.74) is 1.02. The van der Waals surface area contributed by atoms with Gasteiger partial charge in [0, 0.05) is 19.7 Å². The zero-order valence-electron chi connectivity index (χ0n) is 20.0. The number of ether oxygens (including phenoxy) is 2. The standard InChI is InChI=1S/C22H27ClN8O4/c1-22(2,3)35-21(33)25-9-10-31-12-26-19(30-31)13-7-6-8-14(18(13)34-5)27-15-11-16(23)28-29-17(15)20(32)24-4/h6-8,11-12H,9-10H2,1-5H3,(H,24,32)(H,25,33)(H,27,28). The normalized spacial score (nSPS) is 11.0. The minimum absolute atomic E-state index is 0.0734. The molecule has 0 aliphatic rings. The maximum Gasteiger partial charge on any atom is 0.407 e. The molecule has 0 bridgehead atoms. The molecular weight excluding hydrogens is 476 g/mol. The van der Waals surface area contributed by atoms with Crippen molar-refractivity contribution in [3.63, 3.8) is 0 Å². The number of carbonyl (C=O) groups is 2. The van der Waals surface area contributed by atoms with Crippen LogP contribution in [-0.4, -0.2) is 63.3 Å². The summed E-state index contributed by atoms with van der Waals surface area (Å²) in [6.45, 7) is 6.10. The van der Waals surface area contributed by atoms with E-state index in [0.717, 1.165) is 0 Å². The maximum atomic E-state index is 12.2. The van der Waals surface area contributed by atoms with Crippen LogP contribution in [0, 0.1) is 0 Å². The number of methoxy groups -OCH3 is 1. The van der Waals surface area contributed by atoms with Gasteiger partial charge in [0.1, 0.15) is 11.9 Å². The van der Waals surface area contributed by atoms with Crippen molar-refractivity contribution in [2.24, 2.45) is 0 Å². The Kier molecular flexibility index (Phi) is 8.07. The van der Waals surface area contributed by atoms with Crippen molar-refractivity contribution in [1.29, 1.82) is 0 Å². The number of anilines is 2. The first kappa shape index (κ1) is 25.7. The Hall–Kier alpha value is -3.93. The van der Waals surface area contributed by atoms with Gasteiger partial charge < -0.3 is 25.4 Å². The molecule has 12 nitrogen and oxygen atoms in total. The van der Waals surface area contributed by atoms with Crippen LogP contribution in [0.15, 0.2) is 30.6 Å². The quantitative estimate of drug-likeness (QED) is 0.423. The second-order valence-electron chi connectivity index (χ2n) is 8.28. The Balaban J connectivity index is 1.79. The summed E-state index contributed by atoms with van der Waals surface area (Å²) >= 11 is 5.99. The summed E-state index contributed by atoms with van der Waals surface area (Å²) in [7, 11) is 3.01. The molecule has 0 radical (unpaired) electrons. The second kappa shape index (κ2) is 11.0. The van der Waals surface area contributed by atoms with Crippen LogP contribution in [0.3, 0.4) is 0 Å². The number of alkyl carbamates (subject to hydrolysis) is 1. The molecule has 0 aliphatic heterocycles. The second-order valence-corrected chi connectivity index (χ2v) is 8.67. The van der Waals surface area contributed by atoms with Crippen LogP contribution in [0.25, 0.3) is 11.4 Å². The van der Waals surface area contributed by atoms with Crippen molar-refractivity contribution in [3.05, 3.63) is 41.4 Å². The van der Waals surface area contributed by atoms with Crippen molar-refractivity contribution in [1.82, 2.24) is 35.6 Å². The molecule has 0 spiro atoms. The van der Waals surface area contributed by atoms with E-state index in [2.05, 4.69) is 36.2 Å². The molecule has 2 heterocycles. The maximum absolute atomic E-state index is 12.2. The van der Waals surface area contributed by atoms with Gasteiger partial charge in [-0.15, -0.1) is 10.2 Å². The highest BCUT2D eigenvalue weighted by Crippen LogP contribution is 2.37. The number of amides is 2. The summed E-state index contributed by atoms with van der Waals surface area (Å²) in [5, 5.41) is 20.6. The number of halogens is 1. The average molecular weight is 503 g/mol. The largest absolute Gasteiger partial charge is 0.494 e. The first-order valence-corrected chi connectivity index (χ1v) is 11.0. The zero-order chi connectivity index (χ0) is 25.6. The van der Waals surface area contributed by atoms with Crippen LogP contribution in [0.4, 0.5) is 16.2 Å². The summed E-state index contributed by atoms with van der Waals surface area (Å²) in [5.74, 6) is 0.445. The number of aromatic nitrogens is 5. The Morgan fingerprint density at radius 1 is 1.17 bits per heavy atom. The molecule has 3 N–H and O–H groups in total. The third-order valence-corrected chi connectivity index (χ3v) is 4.67. The number of benzene rings is 1. The molecule has 2 aromatic heterocycles. The highest BCUT2D eigenvalue weighted by molar-refractivity contribution is 6.29. The van der Waals surface area contributed by atoms with Crippen LogP contribution in [0.5, 0.6) is 5.75 Å². The molecule has 2 amide bonds. The fraction of sp³-hybridized carbons (Fsp3) is 0.364. The SMILES string of the molecule is CNC(=O)c1nnc(Cl)cc1Nc1cccc(-c2ncn(CCNC(=O)OC(C)(C)C)n2)c1OC. The third-order valence-electron chi connectivity index (χ3n) is 4.48. The van der Waals surface area contributed by atoms with Gasteiger partial charge in [0.05, 0.1) is 30.6 Å². The smallest absolute Gasteiger partial charge is 0.407 e. The van der Waals surface area contributed by atoms with Gasteiger partial charge in [-0.2, -0.15) is 5.10 Å². The molecule has 13 heteroatoms. The molecule has 1 aromatic carbocycles. The molecule has 0 saturated heterocycles. The van der Waals surface area contributed by atoms with E-state index in [1.165, 1.54) is 20.2 Å². The monoisotopic (exact) mass is 502 g/mol. The van der Waals surface area contributed by atoms with Crippen molar-refractivity contribution in [2.75, 3.05) is 26.0 Å². The highest BCUT2D eigenvalue weighted by atomic mass is 35.5. The van der Waals surface area contributed by atoms with E-state index in [-0.39, 0.29) is 10.8 Å². The summed E-state index contributed by atoms with van der Waals surface area (Å²) < 4.78 is 12.5. The van der Waals surface area contributed by atoms with Crippen LogP contribution < -0.4 is 20.7 Å². The van der Waals surface area contributed by atoms with Crippen LogP contribution in [0.2, 0.25) is 5.15 Å². The van der Waals surface area contributed by atoms with Gasteiger partial charge in [0.15, 0.2) is 22.4 Å². The number of hydrogen-bond acceptors (Lipinski definition) is 9. The van der Waals surface area contributed by atoms with E-state index in [1.54, 1.807) is 50.0 Å². The molecule has 0 saturated carbocycles. The molecule has 0 fully saturated rings. The predicted molar refractivity (Wildman–Crippen MR) is 130 cm³/mol. The van der Waals surface area contributed by atoms with Gasteiger partial charge in [-0.25, -0.2) is 9.78 Å². The first-order chi connectivity index (χ1) is 16.6. The van der Waals surface area contributed by atoms with E-state index in [9.17, 15) is 9.59 Å². The summed E-state index contributed by atoms with van der Waals surface area (Å²) in [6, 6.07) is 6.86. The predicted octanol–water partition coefficient (Wildman–Crippen LogP) is 3.03. The number of rotatable bonds is 8. The Bertz CT molecular complexity index is 1210. The van der Waals surface area contributed by atoms with E-state index >= 15 is 0 Å². The number of para-hydroxylation sites is 1. The summed E-state index contributed by atoms with van der Waals surface area (Å²) in [4.78, 5) is 28.4. The summed E-state index contributed by atoms with van der Waals surface area (Å²) in [6.07, 6.45) is 1.06. The van der Waals surface area contributed by atoms with Gasteiger partial charge in [0.25, 0.3) is 5.91 Å². The van der Waals surface area contributed by atoms with Gasteiger partial charge in [0.2, 0.25) is 0 Å². The lowest BCUT2D eigenvalue weighted by Gasteiger charge is -2.19. The minimum Gasteiger partial charge on any atom is -0.494 e. The minimum atomic E-state index is -0.571. The molecule has 0 atom stereocenters. The van der Waals surface area contributed by atoms with Gasteiger partial charge in [-0.1, -0.05) is 17.7 Å². The molecule has 0 aliphatic carbocycles.